The van der Waals surface area contributed by atoms with Crippen LogP contribution in [0.1, 0.15) is 0 Å². The zero-order valence-corrected chi connectivity index (χ0v) is 7.74. The SMILES string of the molecule is CNSc1ccc(F)c(OC)c1. The van der Waals surface area contributed by atoms with E-state index in [1.807, 2.05) is 0 Å². The highest BCUT2D eigenvalue weighted by Gasteiger charge is 2.02. The van der Waals surface area contributed by atoms with E-state index in [-0.39, 0.29) is 11.6 Å². The van der Waals surface area contributed by atoms with Gasteiger partial charge in [0.05, 0.1) is 7.11 Å². The molecule has 0 radical (unpaired) electrons. The van der Waals surface area contributed by atoms with Gasteiger partial charge in [-0.05, 0) is 37.2 Å². The fourth-order valence-corrected chi connectivity index (χ4v) is 1.36. The lowest BCUT2D eigenvalue weighted by Crippen LogP contribution is -1.92. The maximum absolute atomic E-state index is 12.9. The Morgan fingerprint density at radius 3 is 2.83 bits per heavy atom. The van der Waals surface area contributed by atoms with Crippen LogP contribution in [-0.4, -0.2) is 14.2 Å². The number of benzene rings is 1. The summed E-state index contributed by atoms with van der Waals surface area (Å²) in [7, 11) is 3.26. The van der Waals surface area contributed by atoms with Crippen LogP contribution in [0.2, 0.25) is 0 Å². The van der Waals surface area contributed by atoms with E-state index >= 15 is 0 Å². The fraction of sp³-hybridized carbons (Fsp3) is 0.250. The Morgan fingerprint density at radius 1 is 1.50 bits per heavy atom. The molecule has 0 atom stereocenters. The molecule has 1 aromatic carbocycles. The Hall–Kier alpha value is -0.740. The van der Waals surface area contributed by atoms with Crippen molar-refractivity contribution < 1.29 is 9.13 Å². The minimum absolute atomic E-state index is 0.273. The Morgan fingerprint density at radius 2 is 2.25 bits per heavy atom. The molecule has 0 aliphatic rings. The number of hydrogen-bond donors (Lipinski definition) is 1. The largest absolute Gasteiger partial charge is 0.494 e. The van der Waals surface area contributed by atoms with Crippen LogP contribution < -0.4 is 9.46 Å². The summed E-state index contributed by atoms with van der Waals surface area (Å²) in [6, 6.07) is 4.73. The van der Waals surface area contributed by atoms with Gasteiger partial charge in [-0.25, -0.2) is 4.39 Å². The second-order valence-corrected chi connectivity index (χ2v) is 3.19. The molecule has 0 aliphatic carbocycles. The Kier molecular flexibility index (Phi) is 3.37. The van der Waals surface area contributed by atoms with Gasteiger partial charge in [0.1, 0.15) is 0 Å². The van der Waals surface area contributed by atoms with Crippen molar-refractivity contribution in [2.24, 2.45) is 0 Å². The van der Waals surface area contributed by atoms with Gasteiger partial charge in [0.25, 0.3) is 0 Å². The first-order valence-corrected chi connectivity index (χ1v) is 4.26. The van der Waals surface area contributed by atoms with Crippen molar-refractivity contribution in [1.29, 1.82) is 0 Å². The van der Waals surface area contributed by atoms with E-state index in [4.69, 9.17) is 4.74 Å². The minimum Gasteiger partial charge on any atom is -0.494 e. The molecule has 0 unspecified atom stereocenters. The summed E-state index contributed by atoms with van der Waals surface area (Å²) in [6.45, 7) is 0. The lowest BCUT2D eigenvalue weighted by Gasteiger charge is -2.03. The van der Waals surface area contributed by atoms with Crippen LogP contribution in [0.3, 0.4) is 0 Å². The van der Waals surface area contributed by atoms with Gasteiger partial charge in [0, 0.05) is 4.90 Å². The van der Waals surface area contributed by atoms with Gasteiger partial charge in [-0.1, -0.05) is 0 Å². The van der Waals surface area contributed by atoms with Gasteiger partial charge in [-0.15, -0.1) is 0 Å². The van der Waals surface area contributed by atoms with Crippen molar-refractivity contribution in [3.05, 3.63) is 24.0 Å². The van der Waals surface area contributed by atoms with E-state index < -0.39 is 0 Å². The molecule has 0 bridgehead atoms. The normalized spacial score (nSPS) is 9.92. The molecule has 0 saturated carbocycles. The van der Waals surface area contributed by atoms with Crippen LogP contribution in [0, 0.1) is 5.82 Å². The molecule has 0 spiro atoms. The standard InChI is InChI=1S/C8H10FNOS/c1-10-12-6-3-4-7(9)8(5-6)11-2/h3-5,10H,1-2H3. The molecule has 1 aromatic rings. The minimum atomic E-state index is -0.335. The third kappa shape index (κ3) is 2.12. The smallest absolute Gasteiger partial charge is 0.165 e. The summed E-state index contributed by atoms with van der Waals surface area (Å²) in [5, 5.41) is 0. The summed E-state index contributed by atoms with van der Waals surface area (Å²) >= 11 is 1.42. The average Bonchev–Trinajstić information content (AvgIpc) is 2.09. The van der Waals surface area contributed by atoms with Crippen LogP contribution in [0.25, 0.3) is 0 Å². The molecule has 0 saturated heterocycles. The van der Waals surface area contributed by atoms with E-state index in [2.05, 4.69) is 4.72 Å². The second-order valence-electron chi connectivity index (χ2n) is 2.10. The van der Waals surface area contributed by atoms with Gasteiger partial charge >= 0.3 is 0 Å². The van der Waals surface area contributed by atoms with Gasteiger partial charge in [0.2, 0.25) is 0 Å². The second kappa shape index (κ2) is 4.33. The monoisotopic (exact) mass is 187 g/mol. The molecular formula is C8H10FNOS. The van der Waals surface area contributed by atoms with Crippen LogP contribution in [0.5, 0.6) is 5.75 Å². The van der Waals surface area contributed by atoms with Crippen molar-refractivity contribution in [2.75, 3.05) is 14.2 Å². The van der Waals surface area contributed by atoms with Crippen molar-refractivity contribution in [1.82, 2.24) is 4.72 Å². The fourth-order valence-electron chi connectivity index (χ4n) is 0.821. The number of methoxy groups -OCH3 is 1. The van der Waals surface area contributed by atoms with Gasteiger partial charge in [-0.3, -0.25) is 4.72 Å². The molecule has 0 aliphatic heterocycles. The summed E-state index contributed by atoms with van der Waals surface area (Å²) in [5.74, 6) is -0.0618. The quantitative estimate of drug-likeness (QED) is 0.732. The first-order chi connectivity index (χ1) is 5.77. The Bertz CT molecular complexity index is 267. The molecule has 66 valence electrons. The molecule has 0 heterocycles. The molecule has 2 nitrogen and oxygen atoms in total. The predicted molar refractivity (Wildman–Crippen MR) is 47.9 cm³/mol. The van der Waals surface area contributed by atoms with E-state index in [0.29, 0.717) is 0 Å². The van der Waals surface area contributed by atoms with Crippen LogP contribution in [-0.2, 0) is 0 Å². The summed E-state index contributed by atoms with van der Waals surface area (Å²) in [6.07, 6.45) is 0. The molecule has 0 aromatic heterocycles. The number of nitrogens with one attached hydrogen (secondary N) is 1. The van der Waals surface area contributed by atoms with Crippen molar-refractivity contribution in [3.8, 4) is 5.75 Å². The lowest BCUT2D eigenvalue weighted by molar-refractivity contribution is 0.385. The highest BCUT2D eigenvalue weighted by Crippen LogP contribution is 2.23. The van der Waals surface area contributed by atoms with Crippen molar-refractivity contribution in [3.63, 3.8) is 0 Å². The van der Waals surface area contributed by atoms with Crippen molar-refractivity contribution in [2.45, 2.75) is 4.90 Å². The molecule has 1 rings (SSSR count). The maximum Gasteiger partial charge on any atom is 0.165 e. The first-order valence-electron chi connectivity index (χ1n) is 3.45. The van der Waals surface area contributed by atoms with E-state index in [1.165, 1.54) is 25.1 Å². The van der Waals surface area contributed by atoms with Crippen LogP contribution >= 0.6 is 11.9 Å². The zero-order valence-electron chi connectivity index (χ0n) is 6.93. The van der Waals surface area contributed by atoms with E-state index in [9.17, 15) is 4.39 Å². The molecular weight excluding hydrogens is 177 g/mol. The summed E-state index contributed by atoms with van der Waals surface area (Å²) in [4.78, 5) is 0.927. The number of hydrogen-bond acceptors (Lipinski definition) is 3. The molecule has 12 heavy (non-hydrogen) atoms. The van der Waals surface area contributed by atoms with Crippen LogP contribution in [0.4, 0.5) is 4.39 Å². The molecule has 0 fully saturated rings. The highest BCUT2D eigenvalue weighted by atomic mass is 32.2. The third-order valence-electron chi connectivity index (χ3n) is 1.34. The van der Waals surface area contributed by atoms with Gasteiger partial charge in [-0.2, -0.15) is 0 Å². The average molecular weight is 187 g/mol. The van der Waals surface area contributed by atoms with Gasteiger partial charge in [0.15, 0.2) is 11.6 Å². The maximum atomic E-state index is 12.9. The molecule has 0 amide bonds. The van der Waals surface area contributed by atoms with E-state index in [0.717, 1.165) is 4.90 Å². The molecule has 1 N–H and O–H groups in total. The number of ether oxygens (including phenoxy) is 1. The first kappa shape index (κ1) is 9.35. The Balaban J connectivity index is 2.89. The number of halogens is 1. The van der Waals surface area contributed by atoms with Crippen LogP contribution in [0.15, 0.2) is 23.1 Å². The van der Waals surface area contributed by atoms with Crippen molar-refractivity contribution >= 4 is 11.9 Å². The number of rotatable bonds is 3. The topological polar surface area (TPSA) is 21.3 Å². The summed E-state index contributed by atoms with van der Waals surface area (Å²) in [5.41, 5.74) is 0. The molecule has 4 heteroatoms. The van der Waals surface area contributed by atoms with E-state index in [1.54, 1.807) is 19.2 Å². The van der Waals surface area contributed by atoms with Gasteiger partial charge < -0.3 is 4.74 Å². The third-order valence-corrected chi connectivity index (χ3v) is 2.04. The Labute approximate surface area is 75.2 Å². The lowest BCUT2D eigenvalue weighted by atomic mass is 10.3. The summed E-state index contributed by atoms with van der Waals surface area (Å²) < 4.78 is 20.6. The highest BCUT2D eigenvalue weighted by molar-refractivity contribution is 7.97. The zero-order chi connectivity index (χ0) is 8.97. The predicted octanol–water partition coefficient (Wildman–Crippen LogP) is 2.06.